The zero-order valence-corrected chi connectivity index (χ0v) is 19.1. The molecule has 2 aromatic rings. The van der Waals surface area contributed by atoms with Crippen LogP contribution in [0.15, 0.2) is 48.5 Å². The van der Waals surface area contributed by atoms with Gasteiger partial charge in [-0.3, -0.25) is 4.79 Å². The second-order valence-corrected chi connectivity index (χ2v) is 9.12. The number of benzene rings is 2. The van der Waals surface area contributed by atoms with Crippen LogP contribution in [0.3, 0.4) is 0 Å². The molecule has 33 heavy (non-hydrogen) atoms. The summed E-state index contributed by atoms with van der Waals surface area (Å²) in [5.74, 6) is 0.956. The van der Waals surface area contributed by atoms with Crippen molar-refractivity contribution >= 4 is 5.91 Å². The molecule has 1 aliphatic carbocycles. The monoisotopic (exact) mass is 449 g/mol. The van der Waals surface area contributed by atoms with Crippen molar-refractivity contribution in [2.75, 3.05) is 27.3 Å². The van der Waals surface area contributed by atoms with E-state index < -0.39 is 11.6 Å². The van der Waals surface area contributed by atoms with Gasteiger partial charge in [0.15, 0.2) is 0 Å². The first kappa shape index (κ1) is 23.1. The van der Waals surface area contributed by atoms with Gasteiger partial charge >= 0.3 is 0 Å². The lowest BCUT2D eigenvalue weighted by atomic mass is 9.63. The van der Waals surface area contributed by atoms with Gasteiger partial charge in [-0.15, -0.1) is 0 Å². The van der Waals surface area contributed by atoms with Gasteiger partial charge in [-0.05, 0) is 36.8 Å². The van der Waals surface area contributed by atoms with Gasteiger partial charge in [-0.1, -0.05) is 36.4 Å². The third kappa shape index (κ3) is 4.17. The molecule has 1 saturated carbocycles. The van der Waals surface area contributed by atoms with E-state index in [0.717, 1.165) is 6.42 Å². The van der Waals surface area contributed by atoms with Crippen LogP contribution in [-0.4, -0.2) is 43.2 Å². The van der Waals surface area contributed by atoms with Crippen molar-refractivity contribution < 1.29 is 19.4 Å². The Balaban J connectivity index is 1.64. The Labute approximate surface area is 194 Å². The quantitative estimate of drug-likeness (QED) is 0.702. The Morgan fingerprint density at radius 3 is 2.55 bits per heavy atom. The Morgan fingerprint density at radius 2 is 1.85 bits per heavy atom. The van der Waals surface area contributed by atoms with Gasteiger partial charge in [0, 0.05) is 36.6 Å². The Hall–Kier alpha value is -3.08. The van der Waals surface area contributed by atoms with Crippen molar-refractivity contribution in [1.29, 1.82) is 5.26 Å². The largest absolute Gasteiger partial charge is 0.496 e. The van der Waals surface area contributed by atoms with Crippen LogP contribution >= 0.6 is 0 Å². The molecule has 2 aliphatic rings. The number of para-hydroxylation sites is 2. The summed E-state index contributed by atoms with van der Waals surface area (Å²) in [4.78, 5) is 15.2. The normalized spacial score (nSPS) is 27.4. The highest BCUT2D eigenvalue weighted by molar-refractivity contribution is 5.84. The highest BCUT2D eigenvalue weighted by Crippen LogP contribution is 2.53. The van der Waals surface area contributed by atoms with E-state index >= 15 is 0 Å². The zero-order chi connectivity index (χ0) is 23.6. The molecule has 0 aromatic heterocycles. The fraction of sp³-hybridized carbons (Fsp3) is 0.462. The molecule has 2 aromatic carbocycles. The molecular formula is C26H31N3O4. The molecule has 7 nitrogen and oxygen atoms in total. The van der Waals surface area contributed by atoms with E-state index in [4.69, 9.17) is 15.2 Å². The maximum atomic E-state index is 13.4. The van der Waals surface area contributed by atoms with Crippen LogP contribution in [-0.2, 0) is 10.4 Å². The molecule has 1 heterocycles. The number of hydrogen-bond donors (Lipinski definition) is 2. The third-order valence-corrected chi connectivity index (χ3v) is 7.30. The topological polar surface area (TPSA) is 109 Å². The molecule has 0 radical (unpaired) electrons. The van der Waals surface area contributed by atoms with Gasteiger partial charge in [0.2, 0.25) is 5.91 Å². The molecular weight excluding hydrogens is 418 g/mol. The van der Waals surface area contributed by atoms with Crippen molar-refractivity contribution in [2.24, 2.45) is 23.5 Å². The molecule has 7 heteroatoms. The van der Waals surface area contributed by atoms with Crippen molar-refractivity contribution in [2.45, 2.75) is 30.9 Å². The first-order valence-electron chi connectivity index (χ1n) is 11.3. The molecule has 4 rings (SSSR count). The molecule has 2 fully saturated rings. The fourth-order valence-electron chi connectivity index (χ4n) is 5.78. The standard InChI is InChI=1S/C26H31N3O4/c1-32-22-9-5-3-7-19(22)24(28)25(30)29-15-18-13-17(11-12-27)14-26(31,21(18)16-29)20-8-4-6-10-23(20)33-2/h3-10,17-18,21,24,31H,11,13-16,28H2,1-2H3. The number of hydrogen-bond acceptors (Lipinski definition) is 6. The Kier molecular flexibility index (Phi) is 6.59. The van der Waals surface area contributed by atoms with E-state index in [2.05, 4.69) is 6.07 Å². The van der Waals surface area contributed by atoms with Gasteiger partial charge in [-0.2, -0.15) is 5.26 Å². The van der Waals surface area contributed by atoms with E-state index in [1.807, 2.05) is 36.4 Å². The lowest BCUT2D eigenvalue weighted by Crippen LogP contribution is -2.46. The maximum absolute atomic E-state index is 13.4. The number of methoxy groups -OCH3 is 2. The van der Waals surface area contributed by atoms with Crippen LogP contribution in [0.4, 0.5) is 0 Å². The molecule has 1 saturated heterocycles. The predicted molar refractivity (Wildman–Crippen MR) is 123 cm³/mol. The summed E-state index contributed by atoms with van der Waals surface area (Å²) in [7, 11) is 3.15. The molecule has 3 N–H and O–H groups in total. The first-order chi connectivity index (χ1) is 15.9. The number of carbonyl (C=O) groups is 1. The third-order valence-electron chi connectivity index (χ3n) is 7.30. The number of aliphatic hydroxyl groups is 1. The van der Waals surface area contributed by atoms with E-state index in [0.29, 0.717) is 48.6 Å². The molecule has 0 spiro atoms. The summed E-state index contributed by atoms with van der Waals surface area (Å²) in [5, 5.41) is 21.4. The van der Waals surface area contributed by atoms with Crippen molar-refractivity contribution in [1.82, 2.24) is 4.90 Å². The first-order valence-corrected chi connectivity index (χ1v) is 11.3. The number of fused-ring (bicyclic) bond motifs is 1. The Morgan fingerprint density at radius 1 is 1.18 bits per heavy atom. The Bertz CT molecular complexity index is 1050. The van der Waals surface area contributed by atoms with E-state index in [9.17, 15) is 15.2 Å². The van der Waals surface area contributed by atoms with E-state index in [1.165, 1.54) is 0 Å². The average Bonchev–Trinajstić information content (AvgIpc) is 3.28. The number of likely N-dealkylation sites (tertiary alicyclic amines) is 1. The van der Waals surface area contributed by atoms with Crippen LogP contribution in [0, 0.1) is 29.1 Å². The summed E-state index contributed by atoms with van der Waals surface area (Å²) in [6.07, 6.45) is 1.63. The molecule has 1 aliphatic heterocycles. The second kappa shape index (κ2) is 9.42. The molecule has 1 amide bonds. The van der Waals surface area contributed by atoms with Crippen molar-refractivity contribution in [3.63, 3.8) is 0 Å². The van der Waals surface area contributed by atoms with Crippen molar-refractivity contribution in [3.8, 4) is 17.6 Å². The fourth-order valence-corrected chi connectivity index (χ4v) is 5.78. The number of rotatable bonds is 6. The van der Waals surface area contributed by atoms with Gasteiger partial charge in [0.1, 0.15) is 17.5 Å². The van der Waals surface area contributed by atoms with E-state index in [1.54, 1.807) is 31.3 Å². The molecule has 5 atom stereocenters. The number of nitriles is 1. The summed E-state index contributed by atoms with van der Waals surface area (Å²) in [6, 6.07) is 16.2. The van der Waals surface area contributed by atoms with Crippen LogP contribution in [0.1, 0.15) is 36.4 Å². The summed E-state index contributed by atoms with van der Waals surface area (Å²) in [6.45, 7) is 0.909. The lowest BCUT2D eigenvalue weighted by Gasteiger charge is -2.45. The number of ether oxygens (including phenoxy) is 2. The number of amides is 1. The minimum atomic E-state index is -1.19. The van der Waals surface area contributed by atoms with Crippen molar-refractivity contribution in [3.05, 3.63) is 59.7 Å². The lowest BCUT2D eigenvalue weighted by molar-refractivity contribution is -0.132. The van der Waals surface area contributed by atoms with Gasteiger partial charge in [-0.25, -0.2) is 0 Å². The molecule has 174 valence electrons. The van der Waals surface area contributed by atoms with E-state index in [-0.39, 0.29) is 23.7 Å². The number of carbonyl (C=O) groups excluding carboxylic acids is 1. The highest BCUT2D eigenvalue weighted by Gasteiger charge is 2.54. The van der Waals surface area contributed by atoms with Crippen LogP contribution in [0.25, 0.3) is 0 Å². The maximum Gasteiger partial charge on any atom is 0.244 e. The van der Waals surface area contributed by atoms with Crippen LogP contribution < -0.4 is 15.2 Å². The van der Waals surface area contributed by atoms with Gasteiger partial charge in [0.25, 0.3) is 0 Å². The molecule has 5 unspecified atom stereocenters. The average molecular weight is 450 g/mol. The second-order valence-electron chi connectivity index (χ2n) is 9.12. The smallest absolute Gasteiger partial charge is 0.244 e. The minimum Gasteiger partial charge on any atom is -0.496 e. The summed E-state index contributed by atoms with van der Waals surface area (Å²) < 4.78 is 11.0. The number of nitrogens with two attached hydrogens (primary N) is 1. The summed E-state index contributed by atoms with van der Waals surface area (Å²) >= 11 is 0. The minimum absolute atomic E-state index is 0.0455. The summed E-state index contributed by atoms with van der Waals surface area (Å²) in [5.41, 5.74) is 6.55. The molecule has 0 bridgehead atoms. The zero-order valence-electron chi connectivity index (χ0n) is 19.1. The highest BCUT2D eigenvalue weighted by atomic mass is 16.5. The van der Waals surface area contributed by atoms with Crippen LogP contribution in [0.5, 0.6) is 11.5 Å². The van der Waals surface area contributed by atoms with Gasteiger partial charge in [0.05, 0.1) is 25.9 Å². The predicted octanol–water partition coefficient (Wildman–Crippen LogP) is 2.99. The number of nitrogens with zero attached hydrogens (tertiary/aromatic N) is 2. The van der Waals surface area contributed by atoms with Gasteiger partial charge < -0.3 is 25.2 Å². The van der Waals surface area contributed by atoms with Crippen LogP contribution in [0.2, 0.25) is 0 Å². The SMILES string of the molecule is COc1ccccc1C(N)C(=O)N1CC2CC(CC#N)CC(O)(c3ccccc3OC)C2C1.